The Morgan fingerprint density at radius 3 is 2.28 bits per heavy atom. The summed E-state index contributed by atoms with van der Waals surface area (Å²) in [5.74, 6) is -0.406. The van der Waals surface area contributed by atoms with Gasteiger partial charge in [0.05, 0.1) is 11.4 Å². The SMILES string of the molecule is Cc1ccc([C@H](C(=O)NCc2cccs2)N(C(=O)c2cccs2)c2cccc(C)c2)cc1. The molecule has 162 valence electrons. The number of anilines is 1. The minimum absolute atomic E-state index is 0.192. The number of benzene rings is 2. The van der Waals surface area contributed by atoms with E-state index in [0.29, 0.717) is 17.1 Å². The van der Waals surface area contributed by atoms with Crippen LogP contribution in [0.3, 0.4) is 0 Å². The Hall–Kier alpha value is -3.22. The molecular weight excluding hydrogens is 436 g/mol. The number of hydrogen-bond acceptors (Lipinski definition) is 4. The maximum Gasteiger partial charge on any atom is 0.269 e. The third-order valence-corrected chi connectivity index (χ3v) is 6.88. The smallest absolute Gasteiger partial charge is 0.269 e. The molecule has 0 spiro atoms. The molecule has 0 fully saturated rings. The molecule has 2 amide bonds. The van der Waals surface area contributed by atoms with Gasteiger partial charge in [-0.3, -0.25) is 14.5 Å². The number of nitrogens with zero attached hydrogens (tertiary/aromatic N) is 1. The van der Waals surface area contributed by atoms with E-state index < -0.39 is 6.04 Å². The van der Waals surface area contributed by atoms with E-state index in [9.17, 15) is 9.59 Å². The Morgan fingerprint density at radius 1 is 0.875 bits per heavy atom. The van der Waals surface area contributed by atoms with Gasteiger partial charge in [0, 0.05) is 10.6 Å². The quantitative estimate of drug-likeness (QED) is 0.361. The van der Waals surface area contributed by atoms with Crippen molar-refractivity contribution in [2.75, 3.05) is 4.90 Å². The van der Waals surface area contributed by atoms with Crippen LogP contribution in [-0.4, -0.2) is 11.8 Å². The first kappa shape index (κ1) is 22.0. The minimum atomic E-state index is -0.799. The zero-order valence-corrected chi connectivity index (χ0v) is 19.6. The van der Waals surface area contributed by atoms with E-state index in [0.717, 1.165) is 21.6 Å². The predicted octanol–water partition coefficient (Wildman–Crippen LogP) is 6.13. The fourth-order valence-corrected chi connectivity index (χ4v) is 4.84. The van der Waals surface area contributed by atoms with Gasteiger partial charge in [0.1, 0.15) is 6.04 Å². The van der Waals surface area contributed by atoms with Gasteiger partial charge in [-0.05, 0) is 60.0 Å². The lowest BCUT2D eigenvalue weighted by Crippen LogP contribution is -2.43. The van der Waals surface area contributed by atoms with Crippen LogP contribution in [0, 0.1) is 13.8 Å². The molecule has 0 saturated heterocycles. The number of nitrogens with one attached hydrogen (secondary N) is 1. The number of thiophene rings is 2. The van der Waals surface area contributed by atoms with Crippen molar-refractivity contribution in [2.45, 2.75) is 26.4 Å². The van der Waals surface area contributed by atoms with Crippen molar-refractivity contribution in [3.8, 4) is 0 Å². The number of carbonyl (C=O) groups excluding carboxylic acids is 2. The summed E-state index contributed by atoms with van der Waals surface area (Å²) in [5, 5.41) is 6.90. The molecule has 0 aliphatic heterocycles. The highest BCUT2D eigenvalue weighted by Crippen LogP contribution is 2.31. The Balaban J connectivity index is 1.78. The van der Waals surface area contributed by atoms with E-state index in [1.807, 2.05) is 91.3 Å². The van der Waals surface area contributed by atoms with Crippen molar-refractivity contribution in [2.24, 2.45) is 0 Å². The zero-order valence-electron chi connectivity index (χ0n) is 17.9. The first-order valence-corrected chi connectivity index (χ1v) is 12.1. The molecule has 0 aliphatic carbocycles. The molecule has 0 unspecified atom stereocenters. The molecule has 32 heavy (non-hydrogen) atoms. The predicted molar refractivity (Wildman–Crippen MR) is 132 cm³/mol. The molecule has 0 aliphatic rings. The molecular formula is C26H24N2O2S2. The number of rotatable bonds is 7. The summed E-state index contributed by atoms with van der Waals surface area (Å²) in [7, 11) is 0. The lowest BCUT2D eigenvalue weighted by atomic mass is 10.0. The van der Waals surface area contributed by atoms with Crippen LogP contribution in [0.2, 0.25) is 0 Å². The van der Waals surface area contributed by atoms with E-state index >= 15 is 0 Å². The molecule has 2 aromatic heterocycles. The fourth-order valence-electron chi connectivity index (χ4n) is 3.53. The Bertz CT molecular complexity index is 1180. The van der Waals surface area contributed by atoms with Gasteiger partial charge in [-0.15, -0.1) is 22.7 Å². The van der Waals surface area contributed by atoms with Gasteiger partial charge in [-0.25, -0.2) is 0 Å². The monoisotopic (exact) mass is 460 g/mol. The van der Waals surface area contributed by atoms with Gasteiger partial charge < -0.3 is 5.32 Å². The van der Waals surface area contributed by atoms with Crippen LogP contribution in [0.25, 0.3) is 0 Å². The lowest BCUT2D eigenvalue weighted by Gasteiger charge is -2.31. The van der Waals surface area contributed by atoms with Crippen molar-refractivity contribution in [1.29, 1.82) is 0 Å². The van der Waals surface area contributed by atoms with E-state index in [4.69, 9.17) is 0 Å². The Kier molecular flexibility index (Phi) is 6.83. The Morgan fingerprint density at radius 2 is 1.62 bits per heavy atom. The van der Waals surface area contributed by atoms with E-state index in [1.165, 1.54) is 11.3 Å². The van der Waals surface area contributed by atoms with Gasteiger partial charge in [-0.2, -0.15) is 0 Å². The molecule has 4 aromatic rings. The van der Waals surface area contributed by atoms with E-state index in [2.05, 4.69) is 5.32 Å². The average Bonchev–Trinajstić information content (AvgIpc) is 3.50. The summed E-state index contributed by atoms with van der Waals surface area (Å²) in [6, 6.07) is 22.3. The summed E-state index contributed by atoms with van der Waals surface area (Å²) >= 11 is 2.97. The second-order valence-electron chi connectivity index (χ2n) is 7.60. The van der Waals surface area contributed by atoms with Crippen molar-refractivity contribution < 1.29 is 9.59 Å². The van der Waals surface area contributed by atoms with Crippen molar-refractivity contribution >= 4 is 40.2 Å². The molecule has 0 saturated carbocycles. The molecule has 1 N–H and O–H groups in total. The molecule has 2 aromatic carbocycles. The topological polar surface area (TPSA) is 49.4 Å². The summed E-state index contributed by atoms with van der Waals surface area (Å²) in [4.78, 5) is 30.6. The van der Waals surface area contributed by atoms with Gasteiger partial charge in [-0.1, -0.05) is 54.1 Å². The van der Waals surface area contributed by atoms with Gasteiger partial charge in [0.2, 0.25) is 5.91 Å². The van der Waals surface area contributed by atoms with Gasteiger partial charge in [0.25, 0.3) is 5.91 Å². The largest absolute Gasteiger partial charge is 0.349 e. The van der Waals surface area contributed by atoms with Crippen LogP contribution < -0.4 is 10.2 Å². The molecule has 4 nitrogen and oxygen atoms in total. The summed E-state index contributed by atoms with van der Waals surface area (Å²) in [6.45, 7) is 4.41. The van der Waals surface area contributed by atoms with Crippen LogP contribution >= 0.6 is 22.7 Å². The lowest BCUT2D eigenvalue weighted by molar-refractivity contribution is -0.122. The normalized spacial score (nSPS) is 11.7. The van der Waals surface area contributed by atoms with Crippen LogP contribution in [-0.2, 0) is 11.3 Å². The summed E-state index contributed by atoms with van der Waals surface area (Å²) in [5.41, 5.74) is 3.58. The summed E-state index contributed by atoms with van der Waals surface area (Å²) in [6.07, 6.45) is 0. The van der Waals surface area contributed by atoms with E-state index in [-0.39, 0.29) is 11.8 Å². The fraction of sp³-hybridized carbons (Fsp3) is 0.154. The first-order chi connectivity index (χ1) is 15.5. The number of hydrogen-bond donors (Lipinski definition) is 1. The molecule has 0 bridgehead atoms. The van der Waals surface area contributed by atoms with Gasteiger partial charge in [0.15, 0.2) is 0 Å². The van der Waals surface area contributed by atoms with Crippen LogP contribution in [0.1, 0.15) is 37.3 Å². The number of aryl methyl sites for hydroxylation is 2. The third kappa shape index (κ3) is 4.98. The molecule has 0 radical (unpaired) electrons. The highest BCUT2D eigenvalue weighted by atomic mass is 32.1. The zero-order chi connectivity index (χ0) is 22.5. The molecule has 1 atom stereocenters. The first-order valence-electron chi connectivity index (χ1n) is 10.3. The number of amides is 2. The maximum atomic E-state index is 13.7. The van der Waals surface area contributed by atoms with Crippen LogP contribution in [0.5, 0.6) is 0 Å². The molecule has 6 heteroatoms. The highest BCUT2D eigenvalue weighted by molar-refractivity contribution is 7.12. The highest BCUT2D eigenvalue weighted by Gasteiger charge is 2.33. The van der Waals surface area contributed by atoms with Crippen molar-refractivity contribution in [3.05, 3.63) is 110 Å². The molecule has 2 heterocycles. The molecule has 4 rings (SSSR count). The average molecular weight is 461 g/mol. The van der Waals surface area contributed by atoms with Crippen molar-refractivity contribution in [1.82, 2.24) is 5.32 Å². The third-order valence-electron chi connectivity index (χ3n) is 5.15. The Labute approximate surface area is 196 Å². The minimum Gasteiger partial charge on any atom is -0.349 e. The standard InChI is InChI=1S/C26H24N2O2S2/c1-18-10-12-20(13-11-18)24(25(29)27-17-22-8-4-14-31-22)28(21-7-3-6-19(2)16-21)26(30)23-9-5-15-32-23/h3-16,24H,17H2,1-2H3,(H,27,29)/t24-/m1/s1. The van der Waals surface area contributed by atoms with Crippen LogP contribution in [0.4, 0.5) is 5.69 Å². The summed E-state index contributed by atoms with van der Waals surface area (Å²) < 4.78 is 0. The van der Waals surface area contributed by atoms with Crippen LogP contribution in [0.15, 0.2) is 83.6 Å². The second-order valence-corrected chi connectivity index (χ2v) is 9.58. The van der Waals surface area contributed by atoms with E-state index in [1.54, 1.807) is 22.3 Å². The number of carbonyl (C=O) groups is 2. The van der Waals surface area contributed by atoms with Gasteiger partial charge >= 0.3 is 0 Å². The van der Waals surface area contributed by atoms with Crippen molar-refractivity contribution in [3.63, 3.8) is 0 Å². The maximum absolute atomic E-state index is 13.7. The second kappa shape index (κ2) is 9.94.